The minimum atomic E-state index is -3.37. The van der Waals surface area contributed by atoms with Crippen molar-refractivity contribution in [1.29, 1.82) is 0 Å². The molecule has 1 fully saturated rings. The van der Waals surface area contributed by atoms with Crippen LogP contribution in [0.25, 0.3) is 0 Å². The number of benzene rings is 2. The Bertz CT molecular complexity index is 963. The van der Waals surface area contributed by atoms with Crippen molar-refractivity contribution in [3.05, 3.63) is 65.7 Å². The Labute approximate surface area is 185 Å². The number of aryl methyl sites for hydroxylation is 1. The van der Waals surface area contributed by atoms with E-state index in [0.29, 0.717) is 32.4 Å². The summed E-state index contributed by atoms with van der Waals surface area (Å²) in [5, 5.41) is 0. The number of nitrogens with zero attached hydrogens (tertiary/aromatic N) is 2. The first kappa shape index (κ1) is 23.3. The number of sulfonamides is 1. The molecule has 0 saturated carbocycles. The third-order valence-electron chi connectivity index (χ3n) is 5.81. The van der Waals surface area contributed by atoms with Crippen LogP contribution in [0.2, 0.25) is 0 Å². The summed E-state index contributed by atoms with van der Waals surface area (Å²) >= 11 is 0. The minimum absolute atomic E-state index is 0.0184. The van der Waals surface area contributed by atoms with E-state index < -0.39 is 10.0 Å². The molecule has 1 aliphatic rings. The second-order valence-electron chi connectivity index (χ2n) is 8.11. The Morgan fingerprint density at radius 3 is 2.58 bits per heavy atom. The number of methoxy groups -OCH3 is 1. The van der Waals surface area contributed by atoms with E-state index >= 15 is 0 Å². The van der Waals surface area contributed by atoms with E-state index in [1.165, 1.54) is 4.31 Å². The second kappa shape index (κ2) is 10.8. The van der Waals surface area contributed by atoms with Crippen molar-refractivity contribution >= 4 is 15.9 Å². The molecule has 6 nitrogen and oxygen atoms in total. The van der Waals surface area contributed by atoms with E-state index in [0.717, 1.165) is 23.3 Å². The van der Waals surface area contributed by atoms with Crippen LogP contribution in [0, 0.1) is 5.92 Å². The number of ether oxygens (including phenoxy) is 1. The van der Waals surface area contributed by atoms with Crippen LogP contribution in [-0.4, -0.2) is 56.5 Å². The maximum absolute atomic E-state index is 13.0. The number of amides is 1. The van der Waals surface area contributed by atoms with E-state index in [4.69, 9.17) is 4.74 Å². The van der Waals surface area contributed by atoms with Gasteiger partial charge in [0.05, 0.1) is 18.8 Å². The Kier molecular flexibility index (Phi) is 8.09. The van der Waals surface area contributed by atoms with Gasteiger partial charge in [0.25, 0.3) is 0 Å². The van der Waals surface area contributed by atoms with Crippen LogP contribution < -0.4 is 4.74 Å². The van der Waals surface area contributed by atoms with Crippen LogP contribution in [0.3, 0.4) is 0 Å². The van der Waals surface area contributed by atoms with Gasteiger partial charge in [0.1, 0.15) is 5.75 Å². The molecular weight excluding hydrogens is 412 g/mol. The van der Waals surface area contributed by atoms with E-state index in [-0.39, 0.29) is 24.1 Å². The van der Waals surface area contributed by atoms with E-state index in [9.17, 15) is 13.2 Å². The molecule has 1 amide bonds. The van der Waals surface area contributed by atoms with Crippen LogP contribution in [-0.2, 0) is 27.8 Å². The molecule has 3 rings (SSSR count). The number of para-hydroxylation sites is 1. The minimum Gasteiger partial charge on any atom is -0.496 e. The predicted octanol–water partition coefficient (Wildman–Crippen LogP) is 3.33. The lowest BCUT2D eigenvalue weighted by Gasteiger charge is -2.33. The Morgan fingerprint density at radius 1 is 1.13 bits per heavy atom. The van der Waals surface area contributed by atoms with Gasteiger partial charge in [-0.05, 0) is 37.3 Å². The molecule has 31 heavy (non-hydrogen) atoms. The van der Waals surface area contributed by atoms with Crippen molar-refractivity contribution in [2.24, 2.45) is 5.92 Å². The molecule has 0 bridgehead atoms. The van der Waals surface area contributed by atoms with Crippen molar-refractivity contribution in [2.75, 3.05) is 33.0 Å². The SMILES string of the molecule is COc1ccccc1CN(C)C(=O)[C@@H]1CCCN(S(=O)(=O)CCCc2ccccc2)C1. The van der Waals surface area contributed by atoms with Crippen LogP contribution in [0.1, 0.15) is 30.4 Å². The molecule has 1 aliphatic heterocycles. The molecule has 7 heteroatoms. The number of carbonyl (C=O) groups excluding carboxylic acids is 1. The summed E-state index contributed by atoms with van der Waals surface area (Å²) in [5.74, 6) is 0.528. The molecule has 2 aromatic carbocycles. The third kappa shape index (κ3) is 6.31. The second-order valence-corrected chi connectivity index (χ2v) is 10.2. The highest BCUT2D eigenvalue weighted by atomic mass is 32.2. The summed E-state index contributed by atoms with van der Waals surface area (Å²) in [6.45, 7) is 1.19. The highest BCUT2D eigenvalue weighted by molar-refractivity contribution is 7.89. The van der Waals surface area contributed by atoms with Gasteiger partial charge < -0.3 is 9.64 Å². The fourth-order valence-corrected chi connectivity index (χ4v) is 5.69. The zero-order chi connectivity index (χ0) is 22.3. The molecule has 0 radical (unpaired) electrons. The fourth-order valence-electron chi connectivity index (χ4n) is 4.11. The molecule has 0 aliphatic carbocycles. The predicted molar refractivity (Wildman–Crippen MR) is 122 cm³/mol. The van der Waals surface area contributed by atoms with Gasteiger partial charge in [-0.25, -0.2) is 12.7 Å². The molecule has 1 heterocycles. The van der Waals surface area contributed by atoms with Gasteiger partial charge in [0.15, 0.2) is 0 Å². The van der Waals surface area contributed by atoms with Crippen LogP contribution in [0.4, 0.5) is 0 Å². The number of carbonyl (C=O) groups is 1. The summed E-state index contributed by atoms with van der Waals surface area (Å²) in [6.07, 6.45) is 2.73. The summed E-state index contributed by atoms with van der Waals surface area (Å²) in [5.41, 5.74) is 2.07. The van der Waals surface area contributed by atoms with Crippen molar-refractivity contribution in [3.63, 3.8) is 0 Å². The number of rotatable bonds is 9. The van der Waals surface area contributed by atoms with Crippen molar-refractivity contribution in [2.45, 2.75) is 32.2 Å². The Balaban J connectivity index is 1.56. The topological polar surface area (TPSA) is 66.9 Å². The molecule has 0 unspecified atom stereocenters. The summed E-state index contributed by atoms with van der Waals surface area (Å²) < 4.78 is 32.6. The average Bonchev–Trinajstić information content (AvgIpc) is 2.79. The molecule has 0 N–H and O–H groups in total. The van der Waals surface area contributed by atoms with Gasteiger partial charge in [-0.3, -0.25) is 4.79 Å². The van der Waals surface area contributed by atoms with Crippen LogP contribution >= 0.6 is 0 Å². The lowest BCUT2D eigenvalue weighted by Crippen LogP contribution is -2.46. The smallest absolute Gasteiger partial charge is 0.227 e. The highest BCUT2D eigenvalue weighted by Crippen LogP contribution is 2.24. The van der Waals surface area contributed by atoms with Gasteiger partial charge in [-0.1, -0.05) is 48.5 Å². The van der Waals surface area contributed by atoms with E-state index in [1.54, 1.807) is 19.1 Å². The monoisotopic (exact) mass is 444 g/mol. The molecule has 1 atom stereocenters. The zero-order valence-electron chi connectivity index (χ0n) is 18.4. The van der Waals surface area contributed by atoms with Gasteiger partial charge in [-0.2, -0.15) is 0 Å². The molecular formula is C24H32N2O4S. The summed E-state index contributed by atoms with van der Waals surface area (Å²) in [6, 6.07) is 17.5. The lowest BCUT2D eigenvalue weighted by atomic mass is 9.98. The number of hydrogen-bond acceptors (Lipinski definition) is 4. The van der Waals surface area contributed by atoms with E-state index in [2.05, 4.69) is 0 Å². The van der Waals surface area contributed by atoms with Crippen molar-refractivity contribution in [1.82, 2.24) is 9.21 Å². The van der Waals surface area contributed by atoms with Crippen molar-refractivity contribution in [3.8, 4) is 5.75 Å². The largest absolute Gasteiger partial charge is 0.496 e. The third-order valence-corrected chi connectivity index (χ3v) is 7.74. The maximum atomic E-state index is 13.0. The normalized spacial score (nSPS) is 17.3. The molecule has 0 aromatic heterocycles. The van der Waals surface area contributed by atoms with Gasteiger partial charge in [-0.15, -0.1) is 0 Å². The standard InChI is InChI=1S/C24H32N2O4S/c1-25(18-21-13-6-7-15-23(21)30-2)24(27)22-14-8-16-26(19-22)31(28,29)17-9-12-20-10-4-3-5-11-20/h3-7,10-11,13,15,22H,8-9,12,14,16-19H2,1-2H3/t22-/m1/s1. The summed E-state index contributed by atoms with van der Waals surface area (Å²) in [4.78, 5) is 14.7. The summed E-state index contributed by atoms with van der Waals surface area (Å²) in [7, 11) is 0.00679. The van der Waals surface area contributed by atoms with Gasteiger partial charge in [0.2, 0.25) is 15.9 Å². The number of hydrogen-bond donors (Lipinski definition) is 0. The van der Waals surface area contributed by atoms with Crippen molar-refractivity contribution < 1.29 is 17.9 Å². The quantitative estimate of drug-likeness (QED) is 0.595. The number of piperidine rings is 1. The first-order valence-corrected chi connectivity index (χ1v) is 12.4. The molecule has 1 saturated heterocycles. The van der Waals surface area contributed by atoms with Crippen LogP contribution in [0.5, 0.6) is 5.75 Å². The Morgan fingerprint density at radius 2 is 1.84 bits per heavy atom. The van der Waals surface area contributed by atoms with Crippen LogP contribution in [0.15, 0.2) is 54.6 Å². The maximum Gasteiger partial charge on any atom is 0.227 e. The Hall–Kier alpha value is -2.38. The highest BCUT2D eigenvalue weighted by Gasteiger charge is 2.33. The molecule has 2 aromatic rings. The first-order chi connectivity index (χ1) is 14.9. The molecule has 168 valence electrons. The lowest BCUT2D eigenvalue weighted by molar-refractivity contribution is -0.135. The zero-order valence-corrected chi connectivity index (χ0v) is 19.2. The van der Waals surface area contributed by atoms with Gasteiger partial charge >= 0.3 is 0 Å². The van der Waals surface area contributed by atoms with E-state index in [1.807, 2.05) is 54.6 Å². The first-order valence-electron chi connectivity index (χ1n) is 10.8. The fraction of sp³-hybridized carbons (Fsp3) is 0.458. The van der Waals surface area contributed by atoms with Gasteiger partial charge in [0, 0.05) is 32.2 Å². The average molecular weight is 445 g/mol. The molecule has 0 spiro atoms.